The number of nitrogens with one attached hydrogen (secondary N) is 1. The van der Waals surface area contributed by atoms with Gasteiger partial charge in [0.05, 0.1) is 19.8 Å². The molecule has 0 amide bonds. The fraction of sp³-hybridized carbons (Fsp3) is 1.00. The first-order chi connectivity index (χ1) is 8.35. The van der Waals surface area contributed by atoms with Crippen molar-refractivity contribution in [1.29, 1.82) is 0 Å². The third-order valence-electron chi connectivity index (χ3n) is 2.67. The predicted octanol–water partition coefficient (Wildman–Crippen LogP) is 1.83. The molecule has 0 aliphatic heterocycles. The predicted molar refractivity (Wildman–Crippen MR) is 70.5 cm³/mol. The molecule has 0 aliphatic rings. The number of rotatable bonds is 13. The van der Waals surface area contributed by atoms with Crippen LogP contribution in [0.1, 0.15) is 33.1 Å². The molecule has 0 radical (unpaired) electrons. The molecule has 0 spiro atoms. The highest BCUT2D eigenvalue weighted by molar-refractivity contribution is 4.61. The van der Waals surface area contributed by atoms with Gasteiger partial charge in [-0.1, -0.05) is 13.8 Å². The number of hydrogen-bond acceptors (Lipinski definition) is 4. The third-order valence-corrected chi connectivity index (χ3v) is 2.67. The lowest BCUT2D eigenvalue weighted by Crippen LogP contribution is -2.31. The van der Waals surface area contributed by atoms with Crippen molar-refractivity contribution in [1.82, 2.24) is 5.32 Å². The first kappa shape index (κ1) is 16.8. The van der Waals surface area contributed by atoms with Gasteiger partial charge in [0.15, 0.2) is 0 Å². The standard InChI is InChI=1S/C13H29NO3/c1-4-13(5-2)14-7-10-17-12-11-16-9-6-8-15-3/h13-14H,4-12H2,1-3H3. The first-order valence-corrected chi connectivity index (χ1v) is 6.72. The van der Waals surface area contributed by atoms with E-state index < -0.39 is 0 Å². The van der Waals surface area contributed by atoms with Crippen LogP contribution in [0.2, 0.25) is 0 Å². The van der Waals surface area contributed by atoms with Gasteiger partial charge in [-0.2, -0.15) is 0 Å². The molecule has 0 fully saturated rings. The zero-order valence-electron chi connectivity index (χ0n) is 11.7. The Balaban J connectivity index is 3.03. The molecule has 0 aromatic carbocycles. The normalized spacial score (nSPS) is 11.3. The van der Waals surface area contributed by atoms with Crippen LogP contribution in [0.5, 0.6) is 0 Å². The van der Waals surface area contributed by atoms with Crippen LogP contribution in [-0.2, 0) is 14.2 Å². The van der Waals surface area contributed by atoms with Crippen LogP contribution in [-0.4, -0.2) is 52.7 Å². The van der Waals surface area contributed by atoms with Crippen LogP contribution in [0.3, 0.4) is 0 Å². The van der Waals surface area contributed by atoms with Crippen LogP contribution >= 0.6 is 0 Å². The van der Waals surface area contributed by atoms with E-state index >= 15 is 0 Å². The fourth-order valence-corrected chi connectivity index (χ4v) is 1.54. The van der Waals surface area contributed by atoms with Gasteiger partial charge in [0.1, 0.15) is 0 Å². The molecule has 0 saturated carbocycles. The Morgan fingerprint density at radius 2 is 1.53 bits per heavy atom. The van der Waals surface area contributed by atoms with E-state index in [0.717, 1.165) is 32.8 Å². The molecule has 0 bridgehead atoms. The van der Waals surface area contributed by atoms with Gasteiger partial charge < -0.3 is 19.5 Å². The maximum Gasteiger partial charge on any atom is 0.0701 e. The summed E-state index contributed by atoms with van der Waals surface area (Å²) >= 11 is 0. The Labute approximate surface area is 106 Å². The molecular formula is C13H29NO3. The fourth-order valence-electron chi connectivity index (χ4n) is 1.54. The monoisotopic (exact) mass is 247 g/mol. The minimum atomic E-state index is 0.629. The van der Waals surface area contributed by atoms with Crippen molar-refractivity contribution in [2.24, 2.45) is 0 Å². The van der Waals surface area contributed by atoms with Gasteiger partial charge in [-0.05, 0) is 19.3 Å². The lowest BCUT2D eigenvalue weighted by Gasteiger charge is -2.14. The summed E-state index contributed by atoms with van der Waals surface area (Å²) < 4.78 is 15.8. The molecule has 4 nitrogen and oxygen atoms in total. The third kappa shape index (κ3) is 12.1. The molecule has 0 aliphatic carbocycles. The molecular weight excluding hydrogens is 218 g/mol. The summed E-state index contributed by atoms with van der Waals surface area (Å²) in [6.45, 7) is 8.97. The molecule has 4 heteroatoms. The Bertz CT molecular complexity index is 141. The van der Waals surface area contributed by atoms with E-state index in [4.69, 9.17) is 14.2 Å². The maximum atomic E-state index is 5.46. The van der Waals surface area contributed by atoms with Gasteiger partial charge in [0, 0.05) is 32.9 Å². The van der Waals surface area contributed by atoms with Gasteiger partial charge in [-0.3, -0.25) is 0 Å². The van der Waals surface area contributed by atoms with Crippen molar-refractivity contribution < 1.29 is 14.2 Å². The molecule has 17 heavy (non-hydrogen) atoms. The van der Waals surface area contributed by atoms with Gasteiger partial charge >= 0.3 is 0 Å². The second-order valence-corrected chi connectivity index (χ2v) is 4.04. The average molecular weight is 247 g/mol. The molecule has 0 saturated heterocycles. The van der Waals surface area contributed by atoms with E-state index in [9.17, 15) is 0 Å². The highest BCUT2D eigenvalue weighted by Crippen LogP contribution is 1.94. The zero-order valence-corrected chi connectivity index (χ0v) is 11.7. The van der Waals surface area contributed by atoms with Gasteiger partial charge in [0.25, 0.3) is 0 Å². The zero-order chi connectivity index (χ0) is 12.8. The van der Waals surface area contributed by atoms with Crippen LogP contribution in [0.15, 0.2) is 0 Å². The molecule has 0 atom stereocenters. The van der Waals surface area contributed by atoms with Crippen molar-refractivity contribution in [2.45, 2.75) is 39.2 Å². The average Bonchev–Trinajstić information content (AvgIpc) is 2.36. The van der Waals surface area contributed by atoms with Gasteiger partial charge in [-0.25, -0.2) is 0 Å². The molecule has 0 heterocycles. The lowest BCUT2D eigenvalue weighted by atomic mass is 10.2. The highest BCUT2D eigenvalue weighted by atomic mass is 16.5. The smallest absolute Gasteiger partial charge is 0.0701 e. The maximum absolute atomic E-state index is 5.46. The number of hydrogen-bond donors (Lipinski definition) is 1. The van der Waals surface area contributed by atoms with Crippen LogP contribution in [0, 0.1) is 0 Å². The Morgan fingerprint density at radius 3 is 2.12 bits per heavy atom. The largest absolute Gasteiger partial charge is 0.385 e. The lowest BCUT2D eigenvalue weighted by molar-refractivity contribution is 0.0403. The van der Waals surface area contributed by atoms with E-state index in [2.05, 4.69) is 19.2 Å². The molecule has 1 N–H and O–H groups in total. The summed E-state index contributed by atoms with van der Waals surface area (Å²) in [6.07, 6.45) is 3.31. The van der Waals surface area contributed by atoms with Crippen molar-refractivity contribution in [2.75, 3.05) is 46.7 Å². The summed E-state index contributed by atoms with van der Waals surface area (Å²) in [5.41, 5.74) is 0. The van der Waals surface area contributed by atoms with E-state index in [1.54, 1.807) is 7.11 Å². The van der Waals surface area contributed by atoms with Crippen LogP contribution in [0.4, 0.5) is 0 Å². The second-order valence-electron chi connectivity index (χ2n) is 4.04. The minimum Gasteiger partial charge on any atom is -0.385 e. The van der Waals surface area contributed by atoms with E-state index in [1.807, 2.05) is 0 Å². The molecule has 0 aromatic heterocycles. The summed E-state index contributed by atoms with van der Waals surface area (Å²) in [5.74, 6) is 0. The Kier molecular flexibility index (Phi) is 13.8. The SMILES string of the molecule is CCC(CC)NCCOCCOCCCOC. The summed E-state index contributed by atoms with van der Waals surface area (Å²) in [7, 11) is 1.70. The van der Waals surface area contributed by atoms with Crippen molar-refractivity contribution >= 4 is 0 Å². The minimum absolute atomic E-state index is 0.629. The van der Waals surface area contributed by atoms with Gasteiger partial charge in [-0.15, -0.1) is 0 Å². The van der Waals surface area contributed by atoms with E-state index in [1.165, 1.54) is 12.8 Å². The Hall–Kier alpha value is -0.160. The molecule has 0 rings (SSSR count). The van der Waals surface area contributed by atoms with E-state index in [0.29, 0.717) is 19.3 Å². The van der Waals surface area contributed by atoms with E-state index in [-0.39, 0.29) is 0 Å². The van der Waals surface area contributed by atoms with Crippen molar-refractivity contribution in [3.63, 3.8) is 0 Å². The number of ether oxygens (including phenoxy) is 3. The van der Waals surface area contributed by atoms with Crippen molar-refractivity contribution in [3.05, 3.63) is 0 Å². The van der Waals surface area contributed by atoms with Crippen LogP contribution < -0.4 is 5.32 Å². The summed E-state index contributed by atoms with van der Waals surface area (Å²) in [6, 6.07) is 0.629. The Morgan fingerprint density at radius 1 is 0.882 bits per heavy atom. The number of methoxy groups -OCH3 is 1. The molecule has 0 aromatic rings. The second kappa shape index (κ2) is 13.9. The highest BCUT2D eigenvalue weighted by Gasteiger charge is 2.00. The molecule has 0 unspecified atom stereocenters. The van der Waals surface area contributed by atoms with Gasteiger partial charge in [0.2, 0.25) is 0 Å². The van der Waals surface area contributed by atoms with Crippen LogP contribution in [0.25, 0.3) is 0 Å². The molecule has 104 valence electrons. The summed E-state index contributed by atoms with van der Waals surface area (Å²) in [4.78, 5) is 0. The quantitative estimate of drug-likeness (QED) is 0.504. The topological polar surface area (TPSA) is 39.7 Å². The first-order valence-electron chi connectivity index (χ1n) is 6.72. The van der Waals surface area contributed by atoms with Crippen molar-refractivity contribution in [3.8, 4) is 0 Å². The summed E-state index contributed by atoms with van der Waals surface area (Å²) in [5, 5.41) is 3.46.